The van der Waals surface area contributed by atoms with Crippen molar-refractivity contribution in [1.29, 1.82) is 0 Å². The summed E-state index contributed by atoms with van der Waals surface area (Å²) in [6, 6.07) is 17.1. The minimum Gasteiger partial charge on any atom is -0.497 e. The molecule has 0 saturated carbocycles. The van der Waals surface area contributed by atoms with Gasteiger partial charge in [0.25, 0.3) is 0 Å². The zero-order valence-corrected chi connectivity index (χ0v) is 21.1. The standard InChI is InChI=1S/C24H34N4O2.HI/c1-4-19-7-5-6-8-21(19)17-26-24(25-2)27-18-23(28-13-15-30-16-14-28)20-9-11-22(29-3)12-10-20;/h5-12,23H,4,13-18H2,1-3H3,(H2,25,26,27);1H. The topological polar surface area (TPSA) is 58.1 Å². The van der Waals surface area contributed by atoms with E-state index in [0.717, 1.165) is 57.5 Å². The van der Waals surface area contributed by atoms with E-state index < -0.39 is 0 Å². The summed E-state index contributed by atoms with van der Waals surface area (Å²) in [5, 5.41) is 6.99. The van der Waals surface area contributed by atoms with Crippen LogP contribution in [0, 0.1) is 0 Å². The molecule has 3 rings (SSSR count). The Labute approximate surface area is 203 Å². The van der Waals surface area contributed by atoms with E-state index in [0.29, 0.717) is 0 Å². The molecule has 1 aliphatic heterocycles. The number of nitrogens with zero attached hydrogens (tertiary/aromatic N) is 2. The number of aliphatic imine (C=N–C) groups is 1. The molecule has 170 valence electrons. The molecule has 0 bridgehead atoms. The van der Waals surface area contributed by atoms with Crippen LogP contribution in [0.25, 0.3) is 0 Å². The van der Waals surface area contributed by atoms with Crippen molar-refractivity contribution in [2.24, 2.45) is 4.99 Å². The number of hydrogen-bond donors (Lipinski definition) is 2. The monoisotopic (exact) mass is 538 g/mol. The lowest BCUT2D eigenvalue weighted by Crippen LogP contribution is -2.46. The lowest BCUT2D eigenvalue weighted by Gasteiger charge is -2.35. The number of ether oxygens (including phenoxy) is 2. The van der Waals surface area contributed by atoms with E-state index >= 15 is 0 Å². The van der Waals surface area contributed by atoms with Crippen LogP contribution in [0.2, 0.25) is 0 Å². The highest BCUT2D eigenvalue weighted by atomic mass is 127. The largest absolute Gasteiger partial charge is 0.497 e. The van der Waals surface area contributed by atoms with E-state index in [2.05, 4.69) is 63.8 Å². The third-order valence-electron chi connectivity index (χ3n) is 5.62. The Morgan fingerprint density at radius 2 is 1.74 bits per heavy atom. The number of methoxy groups -OCH3 is 1. The van der Waals surface area contributed by atoms with Gasteiger partial charge in [0.05, 0.1) is 26.4 Å². The fraction of sp³-hybridized carbons (Fsp3) is 0.458. The molecule has 31 heavy (non-hydrogen) atoms. The van der Waals surface area contributed by atoms with Crippen LogP contribution in [-0.4, -0.2) is 57.9 Å². The van der Waals surface area contributed by atoms with Crippen LogP contribution < -0.4 is 15.4 Å². The SMILES string of the molecule is CCc1ccccc1CNC(=NC)NCC(c1ccc(OC)cc1)N1CCOCC1.I. The molecule has 1 aliphatic rings. The van der Waals surface area contributed by atoms with Gasteiger partial charge in [-0.25, -0.2) is 0 Å². The summed E-state index contributed by atoms with van der Waals surface area (Å²) < 4.78 is 10.9. The molecule has 2 aromatic rings. The van der Waals surface area contributed by atoms with Crippen LogP contribution in [0.15, 0.2) is 53.5 Å². The van der Waals surface area contributed by atoms with Gasteiger partial charge in [0.2, 0.25) is 0 Å². The van der Waals surface area contributed by atoms with E-state index in [1.54, 1.807) is 7.11 Å². The highest BCUT2D eigenvalue weighted by Crippen LogP contribution is 2.23. The Bertz CT molecular complexity index is 807. The van der Waals surface area contributed by atoms with Crippen LogP contribution in [0.3, 0.4) is 0 Å². The first kappa shape index (κ1) is 25.4. The normalized spacial score (nSPS) is 15.6. The summed E-state index contributed by atoms with van der Waals surface area (Å²) >= 11 is 0. The Hall–Kier alpha value is -1.84. The molecule has 1 saturated heterocycles. The Balaban J connectivity index is 0.00000341. The molecule has 6 nitrogen and oxygen atoms in total. The molecular formula is C24H35IN4O2. The highest BCUT2D eigenvalue weighted by molar-refractivity contribution is 14.0. The lowest BCUT2D eigenvalue weighted by molar-refractivity contribution is 0.0170. The average Bonchev–Trinajstić information content (AvgIpc) is 2.82. The lowest BCUT2D eigenvalue weighted by atomic mass is 10.0. The van der Waals surface area contributed by atoms with Crippen molar-refractivity contribution >= 4 is 29.9 Å². The van der Waals surface area contributed by atoms with Crippen molar-refractivity contribution < 1.29 is 9.47 Å². The second-order valence-corrected chi connectivity index (χ2v) is 7.37. The van der Waals surface area contributed by atoms with Gasteiger partial charge in [0.15, 0.2) is 5.96 Å². The van der Waals surface area contributed by atoms with Crippen molar-refractivity contribution in [1.82, 2.24) is 15.5 Å². The van der Waals surface area contributed by atoms with Crippen LogP contribution in [0.5, 0.6) is 5.75 Å². The van der Waals surface area contributed by atoms with Crippen LogP contribution in [0.1, 0.15) is 29.7 Å². The molecule has 0 aliphatic carbocycles. The molecule has 7 heteroatoms. The molecule has 0 spiro atoms. The zero-order chi connectivity index (χ0) is 21.2. The number of morpholine rings is 1. The maximum absolute atomic E-state index is 5.56. The van der Waals surface area contributed by atoms with E-state index in [4.69, 9.17) is 9.47 Å². The molecule has 0 aromatic heterocycles. The smallest absolute Gasteiger partial charge is 0.191 e. The zero-order valence-electron chi connectivity index (χ0n) is 18.8. The predicted molar refractivity (Wildman–Crippen MR) is 138 cm³/mol. The fourth-order valence-corrected chi connectivity index (χ4v) is 3.84. The van der Waals surface area contributed by atoms with Gasteiger partial charge in [-0.05, 0) is 35.2 Å². The molecule has 0 radical (unpaired) electrons. The van der Waals surface area contributed by atoms with E-state index in [1.807, 2.05) is 19.2 Å². The molecule has 1 atom stereocenters. The second kappa shape index (κ2) is 13.5. The van der Waals surface area contributed by atoms with Gasteiger partial charge < -0.3 is 20.1 Å². The van der Waals surface area contributed by atoms with Gasteiger partial charge in [-0.3, -0.25) is 9.89 Å². The summed E-state index contributed by atoms with van der Waals surface area (Å²) in [7, 11) is 3.51. The van der Waals surface area contributed by atoms with Crippen LogP contribution >= 0.6 is 24.0 Å². The molecule has 0 amide bonds. The molecule has 2 aromatic carbocycles. The Morgan fingerprint density at radius 1 is 1.06 bits per heavy atom. The predicted octanol–water partition coefficient (Wildman–Crippen LogP) is 3.61. The highest BCUT2D eigenvalue weighted by Gasteiger charge is 2.23. The number of rotatable bonds is 8. The number of guanidine groups is 1. The maximum atomic E-state index is 5.56. The minimum absolute atomic E-state index is 0. The van der Waals surface area contributed by atoms with Crippen molar-refractivity contribution in [3.63, 3.8) is 0 Å². The van der Waals surface area contributed by atoms with Crippen molar-refractivity contribution in [2.75, 3.05) is 47.0 Å². The summed E-state index contributed by atoms with van der Waals surface area (Å²) in [4.78, 5) is 6.90. The summed E-state index contributed by atoms with van der Waals surface area (Å²) in [5.41, 5.74) is 3.93. The van der Waals surface area contributed by atoms with Crippen molar-refractivity contribution in [2.45, 2.75) is 25.9 Å². The summed E-state index contributed by atoms with van der Waals surface area (Å²) in [5.74, 6) is 1.69. The molecule has 1 fully saturated rings. The van der Waals surface area contributed by atoms with E-state index in [9.17, 15) is 0 Å². The molecule has 2 N–H and O–H groups in total. The molecular weight excluding hydrogens is 503 g/mol. The van der Waals surface area contributed by atoms with Gasteiger partial charge in [0.1, 0.15) is 5.75 Å². The average molecular weight is 538 g/mol. The Morgan fingerprint density at radius 3 is 2.35 bits per heavy atom. The maximum Gasteiger partial charge on any atom is 0.191 e. The van der Waals surface area contributed by atoms with Crippen LogP contribution in [-0.2, 0) is 17.7 Å². The van der Waals surface area contributed by atoms with Gasteiger partial charge in [-0.15, -0.1) is 24.0 Å². The van der Waals surface area contributed by atoms with Crippen molar-refractivity contribution in [3.05, 3.63) is 65.2 Å². The van der Waals surface area contributed by atoms with Gasteiger partial charge in [-0.1, -0.05) is 43.3 Å². The third kappa shape index (κ3) is 7.36. The van der Waals surface area contributed by atoms with Gasteiger partial charge >= 0.3 is 0 Å². The second-order valence-electron chi connectivity index (χ2n) is 7.37. The third-order valence-corrected chi connectivity index (χ3v) is 5.62. The van der Waals surface area contributed by atoms with E-state index in [1.165, 1.54) is 16.7 Å². The Kier molecular flexibility index (Phi) is 11.1. The minimum atomic E-state index is 0. The molecule has 1 heterocycles. The number of halogens is 1. The van der Waals surface area contributed by atoms with E-state index in [-0.39, 0.29) is 30.0 Å². The first-order chi connectivity index (χ1) is 14.7. The summed E-state index contributed by atoms with van der Waals surface area (Å²) in [6.45, 7) is 7.10. The number of nitrogens with one attached hydrogen (secondary N) is 2. The van der Waals surface area contributed by atoms with Gasteiger partial charge in [0, 0.05) is 33.2 Å². The van der Waals surface area contributed by atoms with Crippen molar-refractivity contribution in [3.8, 4) is 5.75 Å². The first-order valence-electron chi connectivity index (χ1n) is 10.7. The number of aryl methyl sites for hydroxylation is 1. The quantitative estimate of drug-likeness (QED) is 0.306. The fourth-order valence-electron chi connectivity index (χ4n) is 3.84. The first-order valence-corrected chi connectivity index (χ1v) is 10.7. The number of hydrogen-bond acceptors (Lipinski definition) is 4. The number of benzene rings is 2. The van der Waals surface area contributed by atoms with Crippen LogP contribution in [0.4, 0.5) is 0 Å². The summed E-state index contributed by atoms with van der Waals surface area (Å²) in [6.07, 6.45) is 1.03. The van der Waals surface area contributed by atoms with Gasteiger partial charge in [-0.2, -0.15) is 0 Å². The molecule has 1 unspecified atom stereocenters.